The van der Waals surface area contributed by atoms with Crippen molar-refractivity contribution in [1.29, 1.82) is 0 Å². The van der Waals surface area contributed by atoms with Gasteiger partial charge in [-0.1, -0.05) is 0 Å². The number of halogens is 2. The maximum Gasteiger partial charge on any atom is 0.269 e. The van der Waals surface area contributed by atoms with Gasteiger partial charge in [0.15, 0.2) is 0 Å². The lowest BCUT2D eigenvalue weighted by Gasteiger charge is -2.28. The zero-order valence-electron chi connectivity index (χ0n) is 11.0. The summed E-state index contributed by atoms with van der Waals surface area (Å²) in [4.78, 5) is 9.76. The highest BCUT2D eigenvalue weighted by molar-refractivity contribution is 7.89. The van der Waals surface area contributed by atoms with Crippen LogP contribution in [0.25, 0.3) is 0 Å². The number of hydrogen-bond donors (Lipinski definition) is 1. The van der Waals surface area contributed by atoms with Crippen LogP contribution in [-0.4, -0.2) is 25.3 Å². The second kappa shape index (κ2) is 5.64. The Labute approximate surface area is 120 Å². The molecular formula is C12H14F2N2O4S. The Balaban J connectivity index is 2.07. The normalized spacial score (nSPS) is 19.3. The molecule has 0 aromatic heterocycles. The zero-order chi connectivity index (χ0) is 15.7. The Hall–Kier alpha value is -1.61. The summed E-state index contributed by atoms with van der Waals surface area (Å²) in [7, 11) is -3.86. The predicted molar refractivity (Wildman–Crippen MR) is 70.6 cm³/mol. The summed E-state index contributed by atoms with van der Waals surface area (Å²) in [5.74, 6) is -2.73. The highest BCUT2D eigenvalue weighted by Crippen LogP contribution is 2.33. The van der Waals surface area contributed by atoms with Gasteiger partial charge < -0.3 is 0 Å². The first-order valence-corrected chi connectivity index (χ1v) is 7.83. The van der Waals surface area contributed by atoms with Crippen molar-refractivity contribution in [2.45, 2.75) is 42.5 Å². The van der Waals surface area contributed by atoms with E-state index in [1.165, 1.54) is 0 Å². The molecule has 1 aliphatic carbocycles. The summed E-state index contributed by atoms with van der Waals surface area (Å²) in [6.45, 7) is 0. The third-order valence-electron chi connectivity index (χ3n) is 3.40. The van der Waals surface area contributed by atoms with E-state index in [0.29, 0.717) is 0 Å². The molecule has 1 aromatic rings. The van der Waals surface area contributed by atoms with E-state index in [9.17, 15) is 27.3 Å². The first-order valence-electron chi connectivity index (χ1n) is 6.34. The summed E-state index contributed by atoms with van der Waals surface area (Å²) >= 11 is 0. The van der Waals surface area contributed by atoms with Crippen LogP contribution < -0.4 is 4.72 Å². The number of hydrogen-bond acceptors (Lipinski definition) is 4. The molecule has 0 radical (unpaired) electrons. The van der Waals surface area contributed by atoms with Crippen LogP contribution in [-0.2, 0) is 10.0 Å². The van der Waals surface area contributed by atoms with Crippen LogP contribution in [0.15, 0.2) is 29.2 Å². The first-order chi connectivity index (χ1) is 9.70. The molecule has 21 heavy (non-hydrogen) atoms. The van der Waals surface area contributed by atoms with E-state index in [0.717, 1.165) is 24.3 Å². The highest BCUT2D eigenvalue weighted by Gasteiger charge is 2.36. The smallest absolute Gasteiger partial charge is 0.258 e. The van der Waals surface area contributed by atoms with Crippen molar-refractivity contribution in [3.05, 3.63) is 34.4 Å². The van der Waals surface area contributed by atoms with Gasteiger partial charge in [0.1, 0.15) is 0 Å². The van der Waals surface area contributed by atoms with E-state index in [2.05, 4.69) is 4.72 Å². The van der Waals surface area contributed by atoms with Crippen molar-refractivity contribution in [2.75, 3.05) is 0 Å². The zero-order valence-corrected chi connectivity index (χ0v) is 11.8. The molecule has 1 aromatic carbocycles. The second-order valence-corrected chi connectivity index (χ2v) is 6.72. The Morgan fingerprint density at radius 3 is 2.19 bits per heavy atom. The van der Waals surface area contributed by atoms with Gasteiger partial charge in [-0.3, -0.25) is 10.1 Å². The lowest BCUT2D eigenvalue weighted by atomic mass is 9.93. The largest absolute Gasteiger partial charge is 0.269 e. The maximum atomic E-state index is 13.0. The highest BCUT2D eigenvalue weighted by atomic mass is 32.2. The van der Waals surface area contributed by atoms with Gasteiger partial charge >= 0.3 is 0 Å². The number of nitrogens with one attached hydrogen (secondary N) is 1. The summed E-state index contributed by atoms with van der Waals surface area (Å²) in [5, 5.41) is 10.5. The summed E-state index contributed by atoms with van der Waals surface area (Å²) in [5.41, 5.74) is -0.216. The van der Waals surface area contributed by atoms with Crippen LogP contribution >= 0.6 is 0 Å². The minimum atomic E-state index is -3.86. The van der Waals surface area contributed by atoms with Crippen molar-refractivity contribution in [3.8, 4) is 0 Å². The van der Waals surface area contributed by atoms with Crippen molar-refractivity contribution >= 4 is 15.7 Å². The summed E-state index contributed by atoms with van der Waals surface area (Å²) < 4.78 is 52.5. The number of nitrogens with zero attached hydrogens (tertiary/aromatic N) is 1. The van der Waals surface area contributed by atoms with Crippen molar-refractivity contribution in [3.63, 3.8) is 0 Å². The first kappa shape index (κ1) is 15.8. The van der Waals surface area contributed by atoms with Gasteiger partial charge in [0.25, 0.3) is 5.69 Å². The van der Waals surface area contributed by atoms with Gasteiger partial charge in [0.2, 0.25) is 15.9 Å². The topological polar surface area (TPSA) is 89.3 Å². The SMILES string of the molecule is O=[N+]([O-])c1ccc(S(=O)(=O)NC2CCC(F)(F)CC2)cc1. The van der Waals surface area contributed by atoms with Crippen LogP contribution in [0.4, 0.5) is 14.5 Å². The average Bonchev–Trinajstić information content (AvgIpc) is 2.41. The van der Waals surface area contributed by atoms with Gasteiger partial charge in [-0.15, -0.1) is 0 Å². The standard InChI is InChI=1S/C12H14F2N2O4S/c13-12(14)7-5-9(6-8-12)15-21(19,20)11-3-1-10(2-4-11)16(17)18/h1-4,9,15H,5-8H2. The number of alkyl halides is 2. The Morgan fingerprint density at radius 1 is 1.19 bits per heavy atom. The third-order valence-corrected chi connectivity index (χ3v) is 4.93. The number of rotatable bonds is 4. The van der Waals surface area contributed by atoms with Gasteiger partial charge in [0, 0.05) is 31.0 Å². The molecule has 0 unspecified atom stereocenters. The predicted octanol–water partition coefficient (Wildman–Crippen LogP) is 2.45. The molecule has 116 valence electrons. The summed E-state index contributed by atoms with van der Waals surface area (Å²) in [6.07, 6.45) is -0.556. The molecule has 2 rings (SSSR count). The van der Waals surface area contributed by atoms with E-state index >= 15 is 0 Å². The van der Waals surface area contributed by atoms with Crippen LogP contribution in [0, 0.1) is 10.1 Å². The van der Waals surface area contributed by atoms with Crippen molar-refractivity contribution < 1.29 is 22.1 Å². The Morgan fingerprint density at radius 2 is 1.71 bits per heavy atom. The summed E-state index contributed by atoms with van der Waals surface area (Å²) in [6, 6.07) is 3.88. The molecule has 9 heteroatoms. The minimum absolute atomic E-state index is 0.0687. The van der Waals surface area contributed by atoms with Gasteiger partial charge in [-0.2, -0.15) is 0 Å². The van der Waals surface area contributed by atoms with E-state index in [1.807, 2.05) is 0 Å². The van der Waals surface area contributed by atoms with Gasteiger partial charge in [-0.05, 0) is 25.0 Å². The molecule has 0 atom stereocenters. The van der Waals surface area contributed by atoms with Crippen LogP contribution in [0.1, 0.15) is 25.7 Å². The molecule has 1 saturated carbocycles. The van der Waals surface area contributed by atoms with Crippen molar-refractivity contribution in [2.24, 2.45) is 0 Å². The molecule has 1 aliphatic rings. The molecule has 1 N–H and O–H groups in total. The lowest BCUT2D eigenvalue weighted by Crippen LogP contribution is -2.40. The molecule has 0 aliphatic heterocycles. The number of nitro benzene ring substituents is 1. The molecule has 0 amide bonds. The fraction of sp³-hybridized carbons (Fsp3) is 0.500. The molecular weight excluding hydrogens is 306 g/mol. The van der Waals surface area contributed by atoms with E-state index < -0.39 is 26.9 Å². The monoisotopic (exact) mass is 320 g/mol. The van der Waals surface area contributed by atoms with E-state index in [4.69, 9.17) is 0 Å². The number of sulfonamides is 1. The lowest BCUT2D eigenvalue weighted by molar-refractivity contribution is -0.384. The quantitative estimate of drug-likeness (QED) is 0.681. The van der Waals surface area contributed by atoms with Crippen LogP contribution in [0.5, 0.6) is 0 Å². The number of non-ortho nitro benzene ring substituents is 1. The average molecular weight is 320 g/mol. The van der Waals surface area contributed by atoms with Crippen LogP contribution in [0.2, 0.25) is 0 Å². The number of nitro groups is 1. The number of benzene rings is 1. The molecule has 0 bridgehead atoms. The molecule has 0 spiro atoms. The molecule has 0 heterocycles. The minimum Gasteiger partial charge on any atom is -0.258 e. The van der Waals surface area contributed by atoms with Gasteiger partial charge in [-0.25, -0.2) is 21.9 Å². The molecule has 1 fully saturated rings. The Bertz CT molecular complexity index is 621. The fourth-order valence-corrected chi connectivity index (χ4v) is 3.50. The maximum absolute atomic E-state index is 13.0. The fourth-order valence-electron chi connectivity index (χ4n) is 2.19. The van der Waals surface area contributed by atoms with Crippen molar-refractivity contribution in [1.82, 2.24) is 4.72 Å². The third kappa shape index (κ3) is 3.94. The molecule has 6 nitrogen and oxygen atoms in total. The second-order valence-electron chi connectivity index (χ2n) is 5.00. The van der Waals surface area contributed by atoms with Crippen LogP contribution in [0.3, 0.4) is 0 Å². The molecule has 0 saturated heterocycles. The van der Waals surface area contributed by atoms with E-state index in [-0.39, 0.29) is 36.3 Å². The van der Waals surface area contributed by atoms with Gasteiger partial charge in [0.05, 0.1) is 9.82 Å². The Kier molecular flexibility index (Phi) is 4.24. The van der Waals surface area contributed by atoms with E-state index in [1.54, 1.807) is 0 Å².